The molecule has 3 aromatic rings. The highest BCUT2D eigenvalue weighted by atomic mass is 35.5. The molecule has 2 nitrogen and oxygen atoms in total. The van der Waals surface area contributed by atoms with E-state index >= 15 is 0 Å². The summed E-state index contributed by atoms with van der Waals surface area (Å²) >= 11 is 0. The molecule has 0 radical (unpaired) electrons. The fourth-order valence-corrected chi connectivity index (χ4v) is 5.46. The lowest BCUT2D eigenvalue weighted by Gasteiger charge is -2.13. The standard InChI is InChI=1S/C22H22O2S.ClH/c1-14-10-19(11-15(2)21(14)23)25(18-8-6-5-7-9-18)20-12-16(3)22(24)17(4)13-20;/h5-13H,1-4H3,(H-,23,24);1H. The normalized spacial score (nSPS) is 10.7. The second-order valence-electron chi connectivity index (χ2n) is 6.43. The summed E-state index contributed by atoms with van der Waals surface area (Å²) in [6.07, 6.45) is 0. The Labute approximate surface area is 164 Å². The van der Waals surface area contributed by atoms with E-state index in [2.05, 4.69) is 48.5 Å². The van der Waals surface area contributed by atoms with Gasteiger partial charge in [0.05, 0.1) is 10.9 Å². The summed E-state index contributed by atoms with van der Waals surface area (Å²) in [5.41, 5.74) is 3.54. The molecule has 0 atom stereocenters. The summed E-state index contributed by atoms with van der Waals surface area (Å²) < 4.78 is 0. The maximum absolute atomic E-state index is 10.1. The van der Waals surface area contributed by atoms with Gasteiger partial charge in [0, 0.05) is 24.3 Å². The van der Waals surface area contributed by atoms with E-state index in [4.69, 9.17) is 0 Å². The summed E-state index contributed by atoms with van der Waals surface area (Å²) in [6, 6.07) is 18.7. The van der Waals surface area contributed by atoms with Gasteiger partial charge in [-0.15, -0.1) is 0 Å². The van der Waals surface area contributed by atoms with Gasteiger partial charge in [-0.25, -0.2) is 0 Å². The lowest BCUT2D eigenvalue weighted by molar-refractivity contribution is -0.00000707. The predicted molar refractivity (Wildman–Crippen MR) is 104 cm³/mol. The van der Waals surface area contributed by atoms with Crippen LogP contribution in [0, 0.1) is 27.7 Å². The van der Waals surface area contributed by atoms with Crippen molar-refractivity contribution in [3.8, 4) is 11.5 Å². The number of hydrogen-bond acceptors (Lipinski definition) is 2. The van der Waals surface area contributed by atoms with Gasteiger partial charge in [-0.3, -0.25) is 0 Å². The third-order valence-electron chi connectivity index (χ3n) is 4.38. The van der Waals surface area contributed by atoms with E-state index in [1.165, 1.54) is 14.7 Å². The van der Waals surface area contributed by atoms with Gasteiger partial charge in [-0.1, -0.05) is 18.2 Å². The van der Waals surface area contributed by atoms with Crippen molar-refractivity contribution in [2.24, 2.45) is 0 Å². The van der Waals surface area contributed by atoms with Gasteiger partial charge in [0.2, 0.25) is 0 Å². The average Bonchev–Trinajstić information content (AvgIpc) is 2.58. The van der Waals surface area contributed by atoms with E-state index < -0.39 is 0 Å². The highest BCUT2D eigenvalue weighted by Crippen LogP contribution is 2.37. The Morgan fingerprint density at radius 2 is 0.923 bits per heavy atom. The van der Waals surface area contributed by atoms with Crippen LogP contribution in [0.2, 0.25) is 0 Å². The molecule has 0 amide bonds. The Morgan fingerprint density at radius 3 is 1.27 bits per heavy atom. The minimum absolute atomic E-state index is 0. The number of rotatable bonds is 3. The SMILES string of the molecule is Cc1cc([S+](c2ccccc2)c2cc(C)c(O)c(C)c2)cc(C)c1O.[Cl-]. The van der Waals surface area contributed by atoms with Gasteiger partial charge in [-0.2, -0.15) is 0 Å². The molecule has 0 aromatic heterocycles. The lowest BCUT2D eigenvalue weighted by atomic mass is 10.1. The van der Waals surface area contributed by atoms with Crippen molar-refractivity contribution in [2.75, 3.05) is 0 Å². The number of halogens is 1. The summed E-state index contributed by atoms with van der Waals surface area (Å²) in [5, 5.41) is 20.3. The molecular weight excluding hydrogens is 364 g/mol. The van der Waals surface area contributed by atoms with E-state index in [1.54, 1.807) is 0 Å². The molecule has 3 rings (SSSR count). The molecule has 0 bridgehead atoms. The van der Waals surface area contributed by atoms with Crippen LogP contribution in [0.25, 0.3) is 0 Å². The molecule has 0 saturated carbocycles. The molecule has 0 unspecified atom stereocenters. The molecule has 0 saturated heterocycles. The maximum atomic E-state index is 10.1. The largest absolute Gasteiger partial charge is 1.00 e. The molecule has 0 aliphatic rings. The number of benzene rings is 3. The first-order valence-electron chi connectivity index (χ1n) is 8.28. The number of phenolic OH excluding ortho intramolecular Hbond substituents is 2. The maximum Gasteiger partial charge on any atom is 0.167 e. The van der Waals surface area contributed by atoms with Crippen LogP contribution in [0.3, 0.4) is 0 Å². The third kappa shape index (κ3) is 3.84. The topological polar surface area (TPSA) is 40.5 Å². The van der Waals surface area contributed by atoms with Gasteiger partial charge >= 0.3 is 0 Å². The minimum Gasteiger partial charge on any atom is -1.00 e. The van der Waals surface area contributed by atoms with Crippen molar-refractivity contribution < 1.29 is 22.6 Å². The molecular formula is C22H23ClO2S. The smallest absolute Gasteiger partial charge is 0.167 e. The first-order valence-corrected chi connectivity index (χ1v) is 9.50. The van der Waals surface area contributed by atoms with Crippen molar-refractivity contribution >= 4 is 10.9 Å². The number of aryl methyl sites for hydroxylation is 4. The highest BCUT2D eigenvalue weighted by molar-refractivity contribution is 7.97. The van der Waals surface area contributed by atoms with Crippen molar-refractivity contribution in [1.29, 1.82) is 0 Å². The quantitative estimate of drug-likeness (QED) is 0.679. The number of aromatic hydroxyl groups is 2. The second kappa shape index (κ2) is 8.07. The third-order valence-corrected chi connectivity index (χ3v) is 6.54. The first kappa shape index (κ1) is 20.2. The van der Waals surface area contributed by atoms with Crippen molar-refractivity contribution in [3.63, 3.8) is 0 Å². The zero-order valence-corrected chi connectivity index (χ0v) is 16.9. The molecule has 0 spiro atoms. The second-order valence-corrected chi connectivity index (χ2v) is 8.46. The van der Waals surface area contributed by atoms with Gasteiger partial charge in [0.25, 0.3) is 0 Å². The fourth-order valence-electron chi connectivity index (χ4n) is 3.03. The van der Waals surface area contributed by atoms with E-state index in [0.29, 0.717) is 11.5 Å². The summed E-state index contributed by atoms with van der Waals surface area (Å²) in [6.45, 7) is 7.74. The van der Waals surface area contributed by atoms with Crippen LogP contribution in [-0.2, 0) is 10.9 Å². The zero-order valence-electron chi connectivity index (χ0n) is 15.4. The van der Waals surface area contributed by atoms with Crippen LogP contribution in [0.15, 0.2) is 69.3 Å². The molecule has 136 valence electrons. The summed E-state index contributed by atoms with van der Waals surface area (Å²) in [5.74, 6) is 0.719. The summed E-state index contributed by atoms with van der Waals surface area (Å²) in [4.78, 5) is 3.56. The highest BCUT2D eigenvalue weighted by Gasteiger charge is 2.30. The Balaban J connectivity index is 0.00000243. The van der Waals surface area contributed by atoms with Gasteiger partial charge in [0.1, 0.15) is 11.5 Å². The van der Waals surface area contributed by atoms with E-state index in [9.17, 15) is 10.2 Å². The number of hydrogen-bond donors (Lipinski definition) is 2. The minimum atomic E-state index is -0.295. The van der Waals surface area contributed by atoms with Crippen LogP contribution in [0.1, 0.15) is 22.3 Å². The van der Waals surface area contributed by atoms with E-state index in [-0.39, 0.29) is 23.3 Å². The molecule has 0 heterocycles. The van der Waals surface area contributed by atoms with Crippen LogP contribution in [0.5, 0.6) is 11.5 Å². The molecule has 0 aliphatic carbocycles. The molecule has 4 heteroatoms. The molecule has 0 fully saturated rings. The monoisotopic (exact) mass is 386 g/mol. The first-order chi connectivity index (χ1) is 11.9. The fraction of sp³-hybridized carbons (Fsp3) is 0.182. The Bertz CT molecular complexity index is 819. The molecule has 26 heavy (non-hydrogen) atoms. The van der Waals surface area contributed by atoms with E-state index in [0.717, 1.165) is 22.3 Å². The Hall–Kier alpha value is -2.10. The van der Waals surface area contributed by atoms with Gasteiger partial charge in [-0.05, 0) is 62.1 Å². The van der Waals surface area contributed by atoms with Crippen LogP contribution in [0.4, 0.5) is 0 Å². The van der Waals surface area contributed by atoms with Crippen LogP contribution < -0.4 is 12.4 Å². The molecule has 3 aromatic carbocycles. The van der Waals surface area contributed by atoms with Crippen molar-refractivity contribution in [1.82, 2.24) is 0 Å². The van der Waals surface area contributed by atoms with Crippen molar-refractivity contribution in [2.45, 2.75) is 42.4 Å². The lowest BCUT2D eigenvalue weighted by Crippen LogP contribution is -3.00. The zero-order chi connectivity index (χ0) is 18.1. The predicted octanol–water partition coefficient (Wildman–Crippen LogP) is 2.43. The summed E-state index contributed by atoms with van der Waals surface area (Å²) in [7, 11) is -0.295. The van der Waals surface area contributed by atoms with E-state index in [1.807, 2.05) is 33.8 Å². The van der Waals surface area contributed by atoms with Crippen LogP contribution in [-0.4, -0.2) is 10.2 Å². The van der Waals surface area contributed by atoms with Crippen molar-refractivity contribution in [3.05, 3.63) is 76.9 Å². The Kier molecular flexibility index (Phi) is 6.27. The molecule has 2 N–H and O–H groups in total. The molecule has 0 aliphatic heterocycles. The van der Waals surface area contributed by atoms with Gasteiger partial charge < -0.3 is 22.6 Å². The van der Waals surface area contributed by atoms with Crippen LogP contribution >= 0.6 is 0 Å². The van der Waals surface area contributed by atoms with Gasteiger partial charge in [0.15, 0.2) is 14.7 Å². The Morgan fingerprint density at radius 1 is 0.577 bits per heavy atom. The number of phenols is 2. The average molecular weight is 387 g/mol.